The van der Waals surface area contributed by atoms with Crippen LogP contribution in [0.3, 0.4) is 0 Å². The number of nitrogens with zero attached hydrogens (tertiary/aromatic N) is 5. The fourth-order valence-corrected chi connectivity index (χ4v) is 3.79. The Balaban J connectivity index is 1.74. The molecule has 1 saturated heterocycles. The van der Waals surface area contributed by atoms with Crippen molar-refractivity contribution in [1.29, 1.82) is 0 Å². The minimum Gasteiger partial charge on any atom is -0.411 e. The van der Waals surface area contributed by atoms with Crippen molar-refractivity contribution in [2.45, 2.75) is 39.7 Å². The van der Waals surface area contributed by atoms with Crippen LogP contribution >= 0.6 is 11.6 Å². The molecule has 0 aliphatic carbocycles. The first-order valence-electron chi connectivity index (χ1n) is 9.45. The molecule has 7 nitrogen and oxygen atoms in total. The molecule has 0 aromatic carbocycles. The lowest BCUT2D eigenvalue weighted by molar-refractivity contribution is 0.120. The Labute approximate surface area is 163 Å². The van der Waals surface area contributed by atoms with E-state index in [4.69, 9.17) is 25.7 Å². The predicted molar refractivity (Wildman–Crippen MR) is 105 cm³/mol. The van der Waals surface area contributed by atoms with E-state index < -0.39 is 0 Å². The van der Waals surface area contributed by atoms with Crippen LogP contribution in [-0.4, -0.2) is 45.8 Å². The zero-order valence-electron chi connectivity index (χ0n) is 15.9. The van der Waals surface area contributed by atoms with Gasteiger partial charge in [-0.2, -0.15) is 4.98 Å². The monoisotopic (exact) mass is 389 g/mol. The number of imidazole rings is 1. The number of rotatable bonds is 5. The van der Waals surface area contributed by atoms with Crippen LogP contribution in [-0.2, 0) is 4.74 Å². The van der Waals surface area contributed by atoms with Gasteiger partial charge in [-0.25, -0.2) is 9.97 Å². The van der Waals surface area contributed by atoms with Gasteiger partial charge in [0, 0.05) is 19.1 Å². The molecule has 0 N–H and O–H groups in total. The molecule has 4 rings (SSSR count). The van der Waals surface area contributed by atoms with E-state index in [2.05, 4.69) is 34.4 Å². The highest BCUT2D eigenvalue weighted by atomic mass is 35.5. The summed E-state index contributed by atoms with van der Waals surface area (Å²) in [6.07, 6.45) is 3.99. The maximum atomic E-state index is 6.37. The first-order valence-corrected chi connectivity index (χ1v) is 9.83. The number of fused-ring (bicyclic) bond motifs is 1. The first kappa shape index (κ1) is 18.3. The van der Waals surface area contributed by atoms with E-state index in [0.717, 1.165) is 37.0 Å². The van der Waals surface area contributed by atoms with Crippen molar-refractivity contribution in [3.05, 3.63) is 23.2 Å². The van der Waals surface area contributed by atoms with Gasteiger partial charge in [0.1, 0.15) is 5.69 Å². The number of halogens is 1. The summed E-state index contributed by atoms with van der Waals surface area (Å²) in [4.78, 5) is 15.9. The van der Waals surface area contributed by atoms with Crippen molar-refractivity contribution in [3.63, 3.8) is 0 Å². The maximum absolute atomic E-state index is 6.37. The average Bonchev–Trinajstić information content (AvgIpc) is 3.27. The third-order valence-corrected chi connectivity index (χ3v) is 5.43. The molecule has 144 valence electrons. The van der Waals surface area contributed by atoms with Gasteiger partial charge >= 0.3 is 0 Å². The number of anilines is 1. The van der Waals surface area contributed by atoms with Crippen LogP contribution in [0.15, 0.2) is 16.8 Å². The molecule has 0 unspecified atom stereocenters. The van der Waals surface area contributed by atoms with Gasteiger partial charge in [-0.1, -0.05) is 13.8 Å². The number of hydrogen-bond acceptors (Lipinski definition) is 6. The predicted octanol–water partition coefficient (Wildman–Crippen LogP) is 4.25. The van der Waals surface area contributed by atoms with E-state index in [1.165, 1.54) is 0 Å². The van der Waals surface area contributed by atoms with Crippen LogP contribution < -0.4 is 4.90 Å². The first-order chi connectivity index (χ1) is 13.1. The molecule has 1 aliphatic rings. The van der Waals surface area contributed by atoms with E-state index in [1.54, 1.807) is 0 Å². The van der Waals surface area contributed by atoms with Gasteiger partial charge in [-0.05, 0) is 43.0 Å². The Morgan fingerprint density at radius 3 is 2.59 bits per heavy atom. The SMILES string of the molecule is CCC(CC)n1cnc2nc(-c3nc(N4CCOCC4)oc3Cl)c(C)cc21. The number of ether oxygens (including phenoxy) is 1. The van der Waals surface area contributed by atoms with E-state index in [1.807, 2.05) is 18.2 Å². The van der Waals surface area contributed by atoms with Crippen molar-refractivity contribution < 1.29 is 9.15 Å². The van der Waals surface area contributed by atoms with Gasteiger partial charge in [0.25, 0.3) is 6.01 Å². The second kappa shape index (κ2) is 7.48. The second-order valence-corrected chi connectivity index (χ2v) is 7.18. The molecule has 3 aromatic heterocycles. The van der Waals surface area contributed by atoms with Crippen LogP contribution in [0, 0.1) is 6.92 Å². The molecule has 0 radical (unpaired) electrons. The quantitative estimate of drug-likeness (QED) is 0.649. The van der Waals surface area contributed by atoms with Gasteiger partial charge in [-0.15, -0.1) is 0 Å². The van der Waals surface area contributed by atoms with Crippen molar-refractivity contribution in [2.24, 2.45) is 0 Å². The number of morpholine rings is 1. The summed E-state index contributed by atoms with van der Waals surface area (Å²) in [6.45, 7) is 9.20. The van der Waals surface area contributed by atoms with E-state index in [0.29, 0.717) is 42.3 Å². The maximum Gasteiger partial charge on any atom is 0.299 e. The number of oxazole rings is 1. The second-order valence-electron chi connectivity index (χ2n) is 6.84. The summed E-state index contributed by atoms with van der Waals surface area (Å²) < 4.78 is 13.3. The van der Waals surface area contributed by atoms with Crippen LogP contribution in [0.1, 0.15) is 38.3 Å². The van der Waals surface area contributed by atoms with E-state index >= 15 is 0 Å². The molecule has 3 aromatic rings. The molecule has 0 spiro atoms. The highest BCUT2D eigenvalue weighted by Gasteiger charge is 2.23. The average molecular weight is 390 g/mol. The third kappa shape index (κ3) is 3.30. The Kier molecular flexibility index (Phi) is 5.06. The molecular weight excluding hydrogens is 366 g/mol. The third-order valence-electron chi connectivity index (χ3n) is 5.17. The molecule has 0 saturated carbocycles. The smallest absolute Gasteiger partial charge is 0.299 e. The minimum absolute atomic E-state index is 0.255. The number of aromatic nitrogens is 4. The molecule has 27 heavy (non-hydrogen) atoms. The summed E-state index contributed by atoms with van der Waals surface area (Å²) in [7, 11) is 0. The molecule has 8 heteroatoms. The zero-order chi connectivity index (χ0) is 19.0. The number of pyridine rings is 1. The number of hydrogen-bond donors (Lipinski definition) is 0. The summed E-state index contributed by atoms with van der Waals surface area (Å²) in [6, 6.07) is 3.05. The highest BCUT2D eigenvalue weighted by Crippen LogP contribution is 2.34. The van der Waals surface area contributed by atoms with Crippen LogP contribution in [0.2, 0.25) is 5.22 Å². The van der Waals surface area contributed by atoms with Gasteiger partial charge in [0.2, 0.25) is 5.22 Å². The van der Waals surface area contributed by atoms with Crippen molar-refractivity contribution in [2.75, 3.05) is 31.2 Å². The summed E-state index contributed by atoms with van der Waals surface area (Å²) in [5.74, 6) is 0. The van der Waals surface area contributed by atoms with Gasteiger partial charge in [0.15, 0.2) is 5.65 Å². The molecule has 0 amide bonds. The molecule has 0 atom stereocenters. The van der Waals surface area contributed by atoms with Crippen molar-refractivity contribution in [3.8, 4) is 11.4 Å². The van der Waals surface area contributed by atoms with Crippen molar-refractivity contribution >= 4 is 28.8 Å². The minimum atomic E-state index is 0.255. The van der Waals surface area contributed by atoms with Gasteiger partial charge < -0.3 is 18.6 Å². The molecular formula is C19H24ClN5O2. The molecule has 0 bridgehead atoms. The Hall–Kier alpha value is -2.12. The van der Waals surface area contributed by atoms with Crippen LogP contribution in [0.5, 0.6) is 0 Å². The fourth-order valence-electron chi connectivity index (χ4n) is 3.59. The van der Waals surface area contributed by atoms with E-state index in [-0.39, 0.29) is 5.22 Å². The summed E-state index contributed by atoms with van der Waals surface area (Å²) >= 11 is 6.37. The molecule has 1 fully saturated rings. The fraction of sp³-hybridized carbons (Fsp3) is 0.526. The lowest BCUT2D eigenvalue weighted by Crippen LogP contribution is -2.36. The Morgan fingerprint density at radius 2 is 1.89 bits per heavy atom. The normalized spacial score (nSPS) is 15.2. The van der Waals surface area contributed by atoms with Gasteiger partial charge in [0.05, 0.1) is 30.8 Å². The topological polar surface area (TPSA) is 69.2 Å². The summed E-state index contributed by atoms with van der Waals surface area (Å²) in [5, 5.41) is 0.255. The molecule has 4 heterocycles. The van der Waals surface area contributed by atoms with Gasteiger partial charge in [-0.3, -0.25) is 0 Å². The highest BCUT2D eigenvalue weighted by molar-refractivity contribution is 6.31. The van der Waals surface area contributed by atoms with Crippen molar-refractivity contribution in [1.82, 2.24) is 19.5 Å². The standard InChI is InChI=1S/C19H24ClN5O2/c1-4-13(5-2)25-11-21-18-14(25)10-12(3)15(22-18)16-17(20)27-19(23-16)24-6-8-26-9-7-24/h10-11,13H,4-9H2,1-3H3. The number of aryl methyl sites for hydroxylation is 1. The zero-order valence-corrected chi connectivity index (χ0v) is 16.7. The lowest BCUT2D eigenvalue weighted by atomic mass is 10.1. The van der Waals surface area contributed by atoms with Crippen LogP contribution in [0.4, 0.5) is 6.01 Å². The van der Waals surface area contributed by atoms with Crippen LogP contribution in [0.25, 0.3) is 22.6 Å². The Morgan fingerprint density at radius 1 is 1.15 bits per heavy atom. The largest absolute Gasteiger partial charge is 0.411 e. The lowest BCUT2D eigenvalue weighted by Gasteiger charge is -2.24. The Bertz CT molecular complexity index is 941. The molecule has 1 aliphatic heterocycles. The summed E-state index contributed by atoms with van der Waals surface area (Å²) in [5.41, 5.74) is 4.02. The van der Waals surface area contributed by atoms with E-state index in [9.17, 15) is 0 Å².